The third-order valence-electron chi connectivity index (χ3n) is 6.74. The Morgan fingerprint density at radius 3 is 1.35 bits per heavy atom. The molecule has 0 saturated carbocycles. The monoisotopic (exact) mass is 511 g/mol. The van der Waals surface area contributed by atoms with Gasteiger partial charge < -0.3 is 19.9 Å². The van der Waals surface area contributed by atoms with Crippen molar-refractivity contribution in [2.45, 2.75) is 116 Å². The van der Waals surface area contributed by atoms with Crippen LogP contribution in [0.1, 0.15) is 116 Å². The van der Waals surface area contributed by atoms with E-state index in [1.54, 1.807) is 0 Å². The quantitative estimate of drug-likeness (QED) is 0.113. The van der Waals surface area contributed by atoms with Gasteiger partial charge >= 0.3 is 0 Å². The first-order chi connectivity index (χ1) is 18.3. The predicted octanol–water partition coefficient (Wildman–Crippen LogP) is 9.76. The van der Waals surface area contributed by atoms with Gasteiger partial charge in [-0.25, -0.2) is 0 Å². The Morgan fingerprint density at radius 1 is 0.459 bits per heavy atom. The second-order valence-electron chi connectivity index (χ2n) is 10.3. The van der Waals surface area contributed by atoms with Gasteiger partial charge in [0, 0.05) is 30.3 Å². The summed E-state index contributed by atoms with van der Waals surface area (Å²) in [6.45, 7) is 4.21. The van der Waals surface area contributed by atoms with Crippen molar-refractivity contribution in [3.8, 4) is 17.2 Å². The second kappa shape index (κ2) is 21.7. The average Bonchev–Trinajstić information content (AvgIpc) is 2.90. The molecular formula is C33H53NO3. The van der Waals surface area contributed by atoms with Gasteiger partial charge in [0.2, 0.25) is 0 Å². The van der Waals surface area contributed by atoms with Gasteiger partial charge in [-0.1, -0.05) is 121 Å². The molecule has 0 aliphatic carbocycles. The molecule has 0 aromatic heterocycles. The van der Waals surface area contributed by atoms with Crippen LogP contribution in [0.3, 0.4) is 0 Å². The molecule has 4 nitrogen and oxygen atoms in total. The number of hydrogen-bond donors (Lipinski definition) is 1. The SMILES string of the molecule is CCCCCCCCCCCCCCCCCCOc1cc(N)cc(OCCCOc2ccccc2)c1. The van der Waals surface area contributed by atoms with Crippen molar-refractivity contribution in [3.63, 3.8) is 0 Å². The van der Waals surface area contributed by atoms with Gasteiger partial charge in [-0.15, -0.1) is 0 Å². The third kappa shape index (κ3) is 16.9. The molecule has 37 heavy (non-hydrogen) atoms. The first kappa shape index (κ1) is 30.9. The largest absolute Gasteiger partial charge is 0.493 e. The number of benzene rings is 2. The summed E-state index contributed by atoms with van der Waals surface area (Å²) in [7, 11) is 0. The zero-order chi connectivity index (χ0) is 26.2. The Hall–Kier alpha value is -2.36. The van der Waals surface area contributed by atoms with E-state index in [0.29, 0.717) is 18.9 Å². The number of anilines is 1. The van der Waals surface area contributed by atoms with Crippen molar-refractivity contribution in [2.24, 2.45) is 0 Å². The zero-order valence-corrected chi connectivity index (χ0v) is 23.6. The van der Waals surface area contributed by atoms with Crippen LogP contribution in [0.5, 0.6) is 17.2 Å². The first-order valence-corrected chi connectivity index (χ1v) is 15.1. The van der Waals surface area contributed by atoms with E-state index < -0.39 is 0 Å². The summed E-state index contributed by atoms with van der Waals surface area (Å²) >= 11 is 0. The van der Waals surface area contributed by atoms with Crippen molar-refractivity contribution in [1.29, 1.82) is 0 Å². The van der Waals surface area contributed by atoms with Crippen LogP contribution in [-0.4, -0.2) is 19.8 Å². The van der Waals surface area contributed by atoms with Gasteiger partial charge in [-0.05, 0) is 18.6 Å². The van der Waals surface area contributed by atoms with Gasteiger partial charge in [0.15, 0.2) is 0 Å². The fourth-order valence-electron chi connectivity index (χ4n) is 4.56. The topological polar surface area (TPSA) is 53.7 Å². The van der Waals surface area contributed by atoms with E-state index in [-0.39, 0.29) is 0 Å². The standard InChI is InChI=1S/C33H53NO3/c1-2-3-4-5-6-7-8-9-10-11-12-13-14-15-16-20-24-36-32-27-30(34)28-33(29-32)37-26-21-25-35-31-22-18-17-19-23-31/h17-19,22-23,27-29H,2-16,20-21,24-26,34H2,1H3. The van der Waals surface area contributed by atoms with Crippen LogP contribution in [0.15, 0.2) is 48.5 Å². The van der Waals surface area contributed by atoms with E-state index in [1.165, 1.54) is 96.3 Å². The lowest BCUT2D eigenvalue weighted by molar-refractivity contribution is 0.246. The van der Waals surface area contributed by atoms with Gasteiger partial charge in [0.1, 0.15) is 17.2 Å². The lowest BCUT2D eigenvalue weighted by atomic mass is 10.0. The minimum atomic E-state index is 0.578. The van der Waals surface area contributed by atoms with Gasteiger partial charge in [0.05, 0.1) is 19.8 Å². The maximum Gasteiger partial charge on any atom is 0.125 e. The summed E-state index contributed by atoms with van der Waals surface area (Å²) in [5, 5.41) is 0. The summed E-state index contributed by atoms with van der Waals surface area (Å²) in [5.41, 5.74) is 6.71. The van der Waals surface area contributed by atoms with Crippen LogP contribution < -0.4 is 19.9 Å². The maximum atomic E-state index is 6.05. The van der Waals surface area contributed by atoms with Crippen LogP contribution >= 0.6 is 0 Å². The molecule has 0 saturated heterocycles. The summed E-state index contributed by atoms with van der Waals surface area (Å²) < 4.78 is 17.5. The molecule has 0 bridgehead atoms. The fourth-order valence-corrected chi connectivity index (χ4v) is 4.56. The minimum Gasteiger partial charge on any atom is -0.493 e. The molecule has 0 fully saturated rings. The minimum absolute atomic E-state index is 0.578. The van der Waals surface area contributed by atoms with Gasteiger partial charge in [-0.3, -0.25) is 0 Å². The fraction of sp³-hybridized carbons (Fsp3) is 0.636. The Balaban J connectivity index is 1.40. The van der Waals surface area contributed by atoms with Crippen LogP contribution in [0.4, 0.5) is 5.69 Å². The molecule has 0 aliphatic heterocycles. The number of nitrogen functional groups attached to an aromatic ring is 1. The van der Waals surface area contributed by atoms with E-state index in [4.69, 9.17) is 19.9 Å². The molecule has 2 rings (SSSR count). The molecule has 0 heterocycles. The molecule has 2 aromatic rings. The highest BCUT2D eigenvalue weighted by molar-refractivity contribution is 5.50. The number of rotatable bonds is 24. The van der Waals surface area contributed by atoms with Crippen LogP contribution in [0, 0.1) is 0 Å². The van der Waals surface area contributed by atoms with E-state index in [0.717, 1.165) is 36.7 Å². The van der Waals surface area contributed by atoms with Gasteiger partial charge in [0.25, 0.3) is 0 Å². The lowest BCUT2D eigenvalue weighted by Crippen LogP contribution is -2.05. The maximum absolute atomic E-state index is 6.05. The van der Waals surface area contributed by atoms with E-state index in [2.05, 4.69) is 6.92 Å². The van der Waals surface area contributed by atoms with Crippen LogP contribution in [0.25, 0.3) is 0 Å². The summed E-state index contributed by atoms with van der Waals surface area (Å²) in [4.78, 5) is 0. The summed E-state index contributed by atoms with van der Waals surface area (Å²) in [6.07, 6.45) is 22.8. The highest BCUT2D eigenvalue weighted by Crippen LogP contribution is 2.25. The number of para-hydroxylation sites is 1. The molecule has 0 unspecified atom stereocenters. The van der Waals surface area contributed by atoms with E-state index in [9.17, 15) is 0 Å². The second-order valence-corrected chi connectivity index (χ2v) is 10.3. The Bertz CT molecular complexity index is 780. The highest BCUT2D eigenvalue weighted by Gasteiger charge is 2.03. The Kier molecular flexibility index (Phi) is 18.1. The molecule has 2 N–H and O–H groups in total. The number of unbranched alkanes of at least 4 members (excludes halogenated alkanes) is 15. The van der Waals surface area contributed by atoms with Crippen molar-refractivity contribution < 1.29 is 14.2 Å². The van der Waals surface area contributed by atoms with Crippen molar-refractivity contribution in [2.75, 3.05) is 25.6 Å². The van der Waals surface area contributed by atoms with Crippen molar-refractivity contribution in [3.05, 3.63) is 48.5 Å². The molecule has 0 spiro atoms. The number of nitrogens with two attached hydrogens (primary N) is 1. The predicted molar refractivity (Wildman–Crippen MR) is 158 cm³/mol. The normalized spacial score (nSPS) is 10.9. The summed E-state index contributed by atoms with van der Waals surface area (Å²) in [6, 6.07) is 15.5. The third-order valence-corrected chi connectivity index (χ3v) is 6.74. The van der Waals surface area contributed by atoms with E-state index in [1.807, 2.05) is 48.5 Å². The number of ether oxygens (including phenoxy) is 3. The molecule has 0 aliphatic rings. The highest BCUT2D eigenvalue weighted by atomic mass is 16.5. The first-order valence-electron chi connectivity index (χ1n) is 15.1. The van der Waals surface area contributed by atoms with Crippen molar-refractivity contribution >= 4 is 5.69 Å². The zero-order valence-electron chi connectivity index (χ0n) is 23.6. The molecular weight excluding hydrogens is 458 g/mol. The Morgan fingerprint density at radius 2 is 0.865 bits per heavy atom. The lowest BCUT2D eigenvalue weighted by Gasteiger charge is -2.11. The summed E-state index contributed by atoms with van der Waals surface area (Å²) in [5.74, 6) is 2.43. The van der Waals surface area contributed by atoms with Crippen LogP contribution in [-0.2, 0) is 0 Å². The Labute approximate surface area is 227 Å². The molecule has 0 radical (unpaired) electrons. The van der Waals surface area contributed by atoms with Gasteiger partial charge in [-0.2, -0.15) is 0 Å². The van der Waals surface area contributed by atoms with E-state index >= 15 is 0 Å². The molecule has 4 heteroatoms. The number of hydrogen-bond acceptors (Lipinski definition) is 4. The molecule has 0 atom stereocenters. The molecule has 208 valence electrons. The smallest absolute Gasteiger partial charge is 0.125 e. The van der Waals surface area contributed by atoms with Crippen molar-refractivity contribution in [1.82, 2.24) is 0 Å². The molecule has 2 aromatic carbocycles. The average molecular weight is 512 g/mol. The molecule has 0 amide bonds. The van der Waals surface area contributed by atoms with Crippen LogP contribution in [0.2, 0.25) is 0 Å².